The maximum Gasteiger partial charge on any atom is 0.485 e. The van der Waals surface area contributed by atoms with E-state index < -0.39 is 31.3 Å². The summed E-state index contributed by atoms with van der Waals surface area (Å²) in [5.74, 6) is 0. The van der Waals surface area contributed by atoms with Crippen molar-refractivity contribution in [3.63, 3.8) is 0 Å². The molecule has 11 nitrogen and oxygen atoms in total. The van der Waals surface area contributed by atoms with E-state index in [0.29, 0.717) is 0 Å². The van der Waals surface area contributed by atoms with Crippen LogP contribution in [0, 0.1) is 0 Å². The summed E-state index contributed by atoms with van der Waals surface area (Å²) in [6, 6.07) is 14.5. The van der Waals surface area contributed by atoms with Gasteiger partial charge in [-0.2, -0.15) is 26.3 Å². The summed E-state index contributed by atoms with van der Waals surface area (Å²) in [6.45, 7) is 23.3. The van der Waals surface area contributed by atoms with Crippen LogP contribution < -0.4 is 9.80 Å². The Hall–Kier alpha value is -2.68. The molecule has 60 heavy (non-hydrogen) atoms. The lowest BCUT2D eigenvalue weighted by Crippen LogP contribution is -2.42. The van der Waals surface area contributed by atoms with Gasteiger partial charge in [-0.05, 0) is 78.3 Å². The van der Waals surface area contributed by atoms with Gasteiger partial charge in [-0.1, -0.05) is 67.0 Å². The Morgan fingerprint density at radius 1 is 0.550 bits per heavy atom. The van der Waals surface area contributed by atoms with Gasteiger partial charge in [0.05, 0.1) is 77.1 Å². The molecule has 0 saturated heterocycles. The summed E-state index contributed by atoms with van der Waals surface area (Å²) < 4.78 is 120. The first-order valence-electron chi connectivity index (χ1n) is 20.1. The smallest absolute Gasteiger partial charge is 0.485 e. The zero-order valence-corrected chi connectivity index (χ0v) is 38.8. The van der Waals surface area contributed by atoms with Crippen LogP contribution in [-0.2, 0) is 31.1 Å². The van der Waals surface area contributed by atoms with Gasteiger partial charge in [0, 0.05) is 26.1 Å². The third-order valence-electron chi connectivity index (χ3n) is 10.2. The fraction of sp³-hybridized carbons (Fsp3) is 0.707. The van der Waals surface area contributed by atoms with Gasteiger partial charge in [-0.15, -0.1) is 0 Å². The van der Waals surface area contributed by atoms with Crippen molar-refractivity contribution in [3.05, 3.63) is 47.5 Å². The van der Waals surface area contributed by atoms with Crippen molar-refractivity contribution in [2.24, 2.45) is 0 Å². The first-order valence-corrected chi connectivity index (χ1v) is 22.9. The fourth-order valence-corrected chi connectivity index (χ4v) is 6.54. The Kier molecular flexibility index (Phi) is 19.9. The second kappa shape index (κ2) is 21.6. The minimum atomic E-state index is -6.09. The highest BCUT2D eigenvalue weighted by atomic mass is 32.2. The number of hydrogen-bond donors (Lipinski definition) is 1. The maximum atomic E-state index is 10.7. The number of unbranched alkanes of at least 4 members (excludes halogenated alkanes) is 3. The fourth-order valence-electron chi connectivity index (χ4n) is 6.54. The number of fused-ring (bicyclic) bond motifs is 2. The van der Waals surface area contributed by atoms with Crippen LogP contribution in [0.3, 0.4) is 0 Å². The van der Waals surface area contributed by atoms with Gasteiger partial charge < -0.3 is 33.0 Å². The molecule has 0 unspecified atom stereocenters. The minimum Gasteiger partial charge on any atom is -0.741 e. The summed E-state index contributed by atoms with van der Waals surface area (Å²) in [5, 5.41) is 9.34. The van der Waals surface area contributed by atoms with Crippen LogP contribution in [0.2, 0.25) is 0 Å². The zero-order valence-electron chi connectivity index (χ0n) is 37.1. The highest BCUT2D eigenvalue weighted by molar-refractivity contribution is 7.86. The van der Waals surface area contributed by atoms with E-state index in [1.165, 1.54) is 79.1 Å². The SMILES string of the molecule is CCCC[N+](C)(C)CCCCN1c2cc(C(C)(C)C)ccc2N(CCCC[N+](C)(C)CCCO)c2cc(C(C)(C)C)ccc21.O=S(=O)([O-])C(F)(F)F.O=S(=O)([O-])C(F)(F)F. The van der Waals surface area contributed by atoms with E-state index in [-0.39, 0.29) is 17.4 Å². The number of hydrogen-bond acceptors (Lipinski definition) is 9. The van der Waals surface area contributed by atoms with Crippen LogP contribution in [0.15, 0.2) is 36.4 Å². The highest BCUT2D eigenvalue weighted by Crippen LogP contribution is 2.50. The molecule has 0 fully saturated rings. The Morgan fingerprint density at radius 2 is 0.850 bits per heavy atom. The molecule has 1 N–H and O–H groups in total. The normalized spacial score (nSPS) is 14.1. The monoisotopic (exact) mass is 906 g/mol. The number of anilines is 4. The molecule has 1 aliphatic heterocycles. The summed E-state index contributed by atoms with van der Waals surface area (Å²) in [6.07, 6.45) is 8.20. The van der Waals surface area contributed by atoms with Gasteiger partial charge in [-0.3, -0.25) is 0 Å². The lowest BCUT2D eigenvalue weighted by Gasteiger charge is -2.42. The number of alkyl halides is 6. The number of benzene rings is 2. The Balaban J connectivity index is 0.000000943. The predicted octanol–water partition coefficient (Wildman–Crippen LogP) is 8.87. The van der Waals surface area contributed by atoms with Crippen LogP contribution in [-0.4, -0.2) is 125 Å². The molecule has 0 saturated carbocycles. The number of aliphatic hydroxyl groups excluding tert-OH is 1. The molecule has 0 amide bonds. The van der Waals surface area contributed by atoms with E-state index in [1.54, 1.807) is 0 Å². The number of nitrogens with zero attached hydrogens (tertiary/aromatic N) is 4. The average Bonchev–Trinajstić information content (AvgIpc) is 3.08. The van der Waals surface area contributed by atoms with Crippen molar-refractivity contribution in [3.8, 4) is 0 Å². The van der Waals surface area contributed by atoms with Gasteiger partial charge in [0.25, 0.3) is 0 Å². The summed E-state index contributed by atoms with van der Waals surface area (Å²) in [4.78, 5) is 5.27. The van der Waals surface area contributed by atoms with Crippen LogP contribution in [0.5, 0.6) is 0 Å². The van der Waals surface area contributed by atoms with E-state index >= 15 is 0 Å². The van der Waals surface area contributed by atoms with Crippen LogP contribution in [0.25, 0.3) is 0 Å². The molecule has 1 heterocycles. The molecule has 0 radical (unpaired) electrons. The molecule has 2 aromatic rings. The van der Waals surface area contributed by atoms with Crippen molar-refractivity contribution >= 4 is 43.0 Å². The second-order valence-electron chi connectivity index (χ2n) is 18.6. The summed E-state index contributed by atoms with van der Waals surface area (Å²) in [7, 11) is -2.79. The van der Waals surface area contributed by atoms with E-state index in [9.17, 15) is 31.4 Å². The van der Waals surface area contributed by atoms with Gasteiger partial charge in [0.15, 0.2) is 20.2 Å². The zero-order chi connectivity index (χ0) is 46.8. The van der Waals surface area contributed by atoms with E-state index in [4.69, 9.17) is 25.9 Å². The van der Waals surface area contributed by atoms with Crippen LogP contribution in [0.1, 0.15) is 105 Å². The number of quaternary nitrogens is 2. The molecule has 0 atom stereocenters. The molecular formula is C41H68F6N4O7S2. The lowest BCUT2D eigenvalue weighted by molar-refractivity contribution is -0.890. The Morgan fingerprint density at radius 3 is 1.12 bits per heavy atom. The van der Waals surface area contributed by atoms with Gasteiger partial charge >= 0.3 is 11.0 Å². The molecule has 0 spiro atoms. The topological polar surface area (TPSA) is 141 Å². The van der Waals surface area contributed by atoms with Crippen molar-refractivity contribution in [2.45, 2.75) is 115 Å². The Bertz CT molecular complexity index is 1740. The number of aliphatic hydroxyl groups is 1. The van der Waals surface area contributed by atoms with E-state index in [2.05, 4.69) is 123 Å². The van der Waals surface area contributed by atoms with E-state index in [1.807, 2.05) is 0 Å². The summed E-state index contributed by atoms with van der Waals surface area (Å²) in [5.41, 5.74) is -2.86. The first kappa shape index (κ1) is 55.3. The Labute approximate surface area is 355 Å². The highest BCUT2D eigenvalue weighted by Gasteiger charge is 2.38. The third kappa shape index (κ3) is 18.0. The minimum absolute atomic E-state index is 0.0953. The average molecular weight is 907 g/mol. The number of halogens is 6. The largest absolute Gasteiger partial charge is 0.741 e. The molecule has 1 aliphatic rings. The molecule has 3 rings (SSSR count). The molecular weight excluding hydrogens is 839 g/mol. The first-order chi connectivity index (χ1) is 27.0. The molecule has 0 aliphatic carbocycles. The van der Waals surface area contributed by atoms with Gasteiger partial charge in [-0.25, -0.2) is 16.8 Å². The standard InChI is InChI=1S/C39H68N4O.2CHF3O3S/c1-12-13-25-42(8,9)26-16-14-23-40-34-21-19-33(39(5,6)7)31-37(34)41(24-15-17-27-43(10,11)28-18-29-44)35-22-20-32(30-36(35)40)38(2,3)4;2*2-1(3,4)8(5,6)7/h19-22,30-31,44H,12-18,23-29H2,1-11H3;2*(H,5,6,7)/q+2;;/p-2. The molecule has 19 heteroatoms. The lowest BCUT2D eigenvalue weighted by atomic mass is 9.85. The molecule has 0 bridgehead atoms. The number of rotatable bonds is 16. The third-order valence-corrected chi connectivity index (χ3v) is 11.4. The van der Waals surface area contributed by atoms with Crippen molar-refractivity contribution in [1.82, 2.24) is 0 Å². The predicted molar refractivity (Wildman–Crippen MR) is 225 cm³/mol. The van der Waals surface area contributed by atoms with Crippen molar-refractivity contribution in [1.29, 1.82) is 0 Å². The summed E-state index contributed by atoms with van der Waals surface area (Å²) >= 11 is 0. The molecule has 348 valence electrons. The van der Waals surface area contributed by atoms with Crippen molar-refractivity contribution < 1.29 is 66.4 Å². The van der Waals surface area contributed by atoms with Crippen LogP contribution in [0.4, 0.5) is 49.1 Å². The molecule has 0 aromatic heterocycles. The van der Waals surface area contributed by atoms with E-state index in [0.717, 1.165) is 48.0 Å². The van der Waals surface area contributed by atoms with Crippen LogP contribution >= 0.6 is 0 Å². The van der Waals surface area contributed by atoms with Crippen molar-refractivity contribution in [2.75, 3.05) is 83.9 Å². The molecule has 2 aromatic carbocycles. The van der Waals surface area contributed by atoms with Gasteiger partial charge in [0.1, 0.15) is 0 Å². The van der Waals surface area contributed by atoms with Gasteiger partial charge in [0.2, 0.25) is 0 Å². The second-order valence-corrected chi connectivity index (χ2v) is 21.4. The quantitative estimate of drug-likeness (QED) is 0.0575. The maximum absolute atomic E-state index is 10.7.